The first-order chi connectivity index (χ1) is 12.6. The van der Waals surface area contributed by atoms with E-state index in [1.807, 2.05) is 29.6 Å². The van der Waals surface area contributed by atoms with Crippen LogP contribution in [0.5, 0.6) is 0 Å². The van der Waals surface area contributed by atoms with Gasteiger partial charge in [0.15, 0.2) is 0 Å². The maximum atomic E-state index is 11.1. The average Bonchev–Trinajstić information content (AvgIpc) is 3.13. The molecule has 0 unspecified atom stereocenters. The molecule has 0 atom stereocenters. The highest BCUT2D eigenvalue weighted by atomic mass is 79.9. The van der Waals surface area contributed by atoms with Crippen molar-refractivity contribution in [1.82, 2.24) is 4.98 Å². The lowest BCUT2D eigenvalue weighted by atomic mass is 10.2. The molecule has 128 valence electrons. The van der Waals surface area contributed by atoms with Crippen LogP contribution in [-0.2, 0) is 0 Å². The molecule has 8 heteroatoms. The van der Waals surface area contributed by atoms with Crippen LogP contribution in [0.3, 0.4) is 0 Å². The molecule has 2 aromatic carbocycles. The monoisotopic (exact) mass is 426 g/mol. The van der Waals surface area contributed by atoms with Gasteiger partial charge in [-0.1, -0.05) is 40.2 Å². The molecule has 1 aromatic heterocycles. The molecule has 1 N–H and O–H groups in total. The van der Waals surface area contributed by atoms with Crippen molar-refractivity contribution in [2.24, 2.45) is 0 Å². The van der Waals surface area contributed by atoms with Crippen LogP contribution in [0.25, 0.3) is 16.8 Å². The molecule has 0 aliphatic heterocycles. The Bertz CT molecular complexity index is 1020. The van der Waals surface area contributed by atoms with Gasteiger partial charge in [0.1, 0.15) is 22.3 Å². The van der Waals surface area contributed by atoms with Crippen LogP contribution < -0.4 is 5.32 Å². The fourth-order valence-electron chi connectivity index (χ4n) is 2.20. The van der Waals surface area contributed by atoms with E-state index in [0.29, 0.717) is 16.3 Å². The lowest BCUT2D eigenvalue weighted by molar-refractivity contribution is -0.383. The molecular weight excluding hydrogens is 416 g/mol. The van der Waals surface area contributed by atoms with E-state index in [9.17, 15) is 15.4 Å². The van der Waals surface area contributed by atoms with Gasteiger partial charge in [0.25, 0.3) is 5.69 Å². The standard InChI is InChI=1S/C18H11BrN4O2S/c19-14-7-5-12(6-8-14)16-11-26-18(22-16)13(9-20)10-21-15-3-1-2-4-17(15)23(24)25/h1-8,10-11,21H. The number of allylic oxidation sites excluding steroid dienone is 1. The summed E-state index contributed by atoms with van der Waals surface area (Å²) < 4.78 is 0.975. The second kappa shape index (κ2) is 7.91. The molecule has 0 radical (unpaired) electrons. The summed E-state index contributed by atoms with van der Waals surface area (Å²) in [5.41, 5.74) is 2.27. The molecule has 1 heterocycles. The second-order valence-electron chi connectivity index (χ2n) is 5.13. The van der Waals surface area contributed by atoms with E-state index in [1.54, 1.807) is 18.2 Å². The Balaban J connectivity index is 1.86. The van der Waals surface area contributed by atoms with E-state index in [2.05, 4.69) is 32.3 Å². The summed E-state index contributed by atoms with van der Waals surface area (Å²) in [4.78, 5) is 15.1. The van der Waals surface area contributed by atoms with Crippen LogP contribution >= 0.6 is 27.3 Å². The van der Waals surface area contributed by atoms with Crippen LogP contribution in [-0.4, -0.2) is 9.91 Å². The molecule has 0 spiro atoms. The van der Waals surface area contributed by atoms with Gasteiger partial charge < -0.3 is 5.32 Å². The van der Waals surface area contributed by atoms with E-state index in [4.69, 9.17) is 0 Å². The van der Waals surface area contributed by atoms with Crippen molar-refractivity contribution in [2.75, 3.05) is 5.32 Å². The van der Waals surface area contributed by atoms with Gasteiger partial charge in [-0.15, -0.1) is 11.3 Å². The van der Waals surface area contributed by atoms with Crippen molar-refractivity contribution in [2.45, 2.75) is 0 Å². The number of aromatic nitrogens is 1. The van der Waals surface area contributed by atoms with Crippen LogP contribution in [0, 0.1) is 21.4 Å². The number of nitrogens with zero attached hydrogens (tertiary/aromatic N) is 3. The third kappa shape index (κ3) is 3.96. The number of rotatable bonds is 5. The lowest BCUT2D eigenvalue weighted by Gasteiger charge is -2.02. The van der Waals surface area contributed by atoms with Crippen LogP contribution in [0.4, 0.5) is 11.4 Å². The predicted octanol–water partition coefficient (Wildman–Crippen LogP) is 5.46. The molecule has 0 bridgehead atoms. The number of hydrogen-bond acceptors (Lipinski definition) is 6. The third-order valence-electron chi connectivity index (χ3n) is 3.47. The first-order valence-electron chi connectivity index (χ1n) is 7.40. The largest absolute Gasteiger partial charge is 0.355 e. The van der Waals surface area contributed by atoms with Gasteiger partial charge in [-0.05, 0) is 18.2 Å². The number of nitro benzene ring substituents is 1. The average molecular weight is 427 g/mol. The molecule has 3 rings (SSSR count). The third-order valence-corrected chi connectivity index (χ3v) is 4.87. The number of hydrogen-bond donors (Lipinski definition) is 1. The Kier molecular flexibility index (Phi) is 5.41. The summed E-state index contributed by atoms with van der Waals surface area (Å²) in [6.07, 6.45) is 1.44. The van der Waals surface area contributed by atoms with E-state index in [-0.39, 0.29) is 5.69 Å². The van der Waals surface area contributed by atoms with E-state index >= 15 is 0 Å². The minimum Gasteiger partial charge on any atom is -0.355 e. The molecule has 0 aliphatic rings. The van der Waals surface area contributed by atoms with Gasteiger partial charge in [0.2, 0.25) is 0 Å². The van der Waals surface area contributed by atoms with Crippen molar-refractivity contribution < 1.29 is 4.92 Å². The molecular formula is C18H11BrN4O2S. The summed E-state index contributed by atoms with van der Waals surface area (Å²) in [5.74, 6) is 0. The minimum absolute atomic E-state index is 0.0595. The smallest absolute Gasteiger partial charge is 0.292 e. The van der Waals surface area contributed by atoms with Crippen molar-refractivity contribution in [3.05, 3.63) is 79.7 Å². The molecule has 3 aromatic rings. The van der Waals surface area contributed by atoms with E-state index in [1.165, 1.54) is 23.6 Å². The van der Waals surface area contributed by atoms with Crippen molar-refractivity contribution in [3.8, 4) is 17.3 Å². The summed E-state index contributed by atoms with van der Waals surface area (Å²) in [7, 11) is 0. The van der Waals surface area contributed by atoms with Gasteiger partial charge in [0, 0.05) is 27.7 Å². The highest BCUT2D eigenvalue weighted by Gasteiger charge is 2.13. The molecule has 26 heavy (non-hydrogen) atoms. The number of halogens is 1. The Labute approximate surface area is 161 Å². The van der Waals surface area contributed by atoms with E-state index < -0.39 is 4.92 Å². The van der Waals surface area contributed by atoms with Crippen LogP contribution in [0.1, 0.15) is 5.01 Å². The van der Waals surface area contributed by atoms with Gasteiger partial charge in [-0.3, -0.25) is 10.1 Å². The SMILES string of the molecule is N#CC(=CNc1ccccc1[N+](=O)[O-])c1nc(-c2ccc(Br)cc2)cs1. The summed E-state index contributed by atoms with van der Waals surface area (Å²) in [5, 5.41) is 25.7. The van der Waals surface area contributed by atoms with Gasteiger partial charge in [-0.2, -0.15) is 5.26 Å². The normalized spacial score (nSPS) is 11.0. The fraction of sp³-hybridized carbons (Fsp3) is 0. The maximum Gasteiger partial charge on any atom is 0.292 e. The first kappa shape index (κ1) is 17.8. The zero-order valence-corrected chi connectivity index (χ0v) is 15.6. The molecule has 0 saturated heterocycles. The number of thiazole rings is 1. The summed E-state index contributed by atoms with van der Waals surface area (Å²) in [6, 6.07) is 16.0. The Morgan fingerprint density at radius 2 is 2.00 bits per heavy atom. The maximum absolute atomic E-state index is 11.1. The van der Waals surface area contributed by atoms with Gasteiger partial charge >= 0.3 is 0 Å². The number of nitrogens with one attached hydrogen (secondary N) is 1. The number of benzene rings is 2. The summed E-state index contributed by atoms with van der Waals surface area (Å²) in [6.45, 7) is 0. The van der Waals surface area contributed by atoms with Crippen molar-refractivity contribution in [1.29, 1.82) is 5.26 Å². The van der Waals surface area contributed by atoms with Gasteiger partial charge in [0.05, 0.1) is 10.6 Å². The molecule has 0 saturated carbocycles. The number of nitro groups is 1. The zero-order chi connectivity index (χ0) is 18.5. The van der Waals surface area contributed by atoms with Crippen LogP contribution in [0.15, 0.2) is 64.6 Å². The number of para-hydroxylation sites is 2. The Hall–Kier alpha value is -3.02. The molecule has 0 aliphatic carbocycles. The highest BCUT2D eigenvalue weighted by molar-refractivity contribution is 9.10. The zero-order valence-electron chi connectivity index (χ0n) is 13.2. The topological polar surface area (TPSA) is 91.8 Å². The fourth-order valence-corrected chi connectivity index (χ4v) is 3.26. The minimum atomic E-state index is -0.475. The highest BCUT2D eigenvalue weighted by Crippen LogP contribution is 2.28. The molecule has 0 fully saturated rings. The number of nitriles is 1. The van der Waals surface area contributed by atoms with Crippen molar-refractivity contribution >= 4 is 44.2 Å². The predicted molar refractivity (Wildman–Crippen MR) is 106 cm³/mol. The second-order valence-corrected chi connectivity index (χ2v) is 6.91. The van der Waals surface area contributed by atoms with Crippen molar-refractivity contribution in [3.63, 3.8) is 0 Å². The van der Waals surface area contributed by atoms with Crippen LogP contribution in [0.2, 0.25) is 0 Å². The quantitative estimate of drug-likeness (QED) is 0.332. The lowest BCUT2D eigenvalue weighted by Crippen LogP contribution is -1.96. The first-order valence-corrected chi connectivity index (χ1v) is 9.08. The van der Waals surface area contributed by atoms with Gasteiger partial charge in [-0.25, -0.2) is 4.98 Å². The Morgan fingerprint density at radius 1 is 1.27 bits per heavy atom. The molecule has 6 nitrogen and oxygen atoms in total. The Morgan fingerprint density at radius 3 is 2.69 bits per heavy atom. The van der Waals surface area contributed by atoms with E-state index in [0.717, 1.165) is 15.7 Å². The number of anilines is 1. The molecule has 0 amide bonds. The summed E-state index contributed by atoms with van der Waals surface area (Å²) >= 11 is 4.73.